The molecule has 3 aromatic rings. The molecule has 1 amide bonds. The lowest BCUT2D eigenvalue weighted by molar-refractivity contribution is 0.0340. The summed E-state index contributed by atoms with van der Waals surface area (Å²) in [6.45, 7) is 4.36. The smallest absolute Gasteiger partial charge is 0.261 e. The van der Waals surface area contributed by atoms with Crippen molar-refractivity contribution in [1.82, 2.24) is 10.2 Å². The second kappa shape index (κ2) is 11.4. The maximum Gasteiger partial charge on any atom is 0.261 e. The number of benzene rings is 3. The molecule has 2 N–H and O–H groups in total. The quantitative estimate of drug-likeness (QED) is 0.473. The van der Waals surface area contributed by atoms with E-state index in [0.717, 1.165) is 44.0 Å². The molecule has 0 radical (unpaired) electrons. The van der Waals surface area contributed by atoms with E-state index in [1.165, 1.54) is 12.1 Å². The number of anilines is 1. The lowest BCUT2D eigenvalue weighted by Gasteiger charge is -2.27. The van der Waals surface area contributed by atoms with Crippen molar-refractivity contribution < 1.29 is 22.7 Å². The van der Waals surface area contributed by atoms with Gasteiger partial charge in [0.15, 0.2) is 0 Å². The summed E-state index contributed by atoms with van der Waals surface area (Å²) in [5.74, 6) is 0.283. The minimum atomic E-state index is -3.87. The van der Waals surface area contributed by atoms with Gasteiger partial charge >= 0.3 is 0 Å². The lowest BCUT2D eigenvalue weighted by Crippen LogP contribution is -2.36. The molecule has 184 valence electrons. The highest BCUT2D eigenvalue weighted by atomic mass is 32.2. The molecule has 1 saturated heterocycles. The van der Waals surface area contributed by atoms with E-state index in [4.69, 9.17) is 9.47 Å². The van der Waals surface area contributed by atoms with Crippen LogP contribution in [0.15, 0.2) is 77.7 Å². The molecule has 0 unspecified atom stereocenters. The molecular formula is C26H29N3O5S. The molecule has 1 aliphatic heterocycles. The number of ether oxygens (including phenoxy) is 2. The number of methoxy groups -OCH3 is 1. The van der Waals surface area contributed by atoms with Gasteiger partial charge in [-0.25, -0.2) is 8.42 Å². The molecule has 4 rings (SSSR count). The highest BCUT2D eigenvalue weighted by Crippen LogP contribution is 2.20. The number of carbonyl (C=O) groups excluding carboxylic acids is 1. The van der Waals surface area contributed by atoms with Gasteiger partial charge in [-0.3, -0.25) is 14.4 Å². The van der Waals surface area contributed by atoms with Gasteiger partial charge in [-0.05, 0) is 53.6 Å². The molecule has 0 aromatic heterocycles. The molecule has 1 fully saturated rings. The van der Waals surface area contributed by atoms with Crippen LogP contribution in [0.2, 0.25) is 0 Å². The van der Waals surface area contributed by atoms with Gasteiger partial charge in [0.25, 0.3) is 15.9 Å². The summed E-state index contributed by atoms with van der Waals surface area (Å²) in [5.41, 5.74) is 2.85. The fraction of sp³-hybridized carbons (Fsp3) is 0.269. The van der Waals surface area contributed by atoms with Crippen LogP contribution in [0.4, 0.5) is 5.69 Å². The highest BCUT2D eigenvalue weighted by Gasteiger charge is 2.17. The fourth-order valence-corrected chi connectivity index (χ4v) is 4.94. The van der Waals surface area contributed by atoms with Gasteiger partial charge < -0.3 is 14.8 Å². The van der Waals surface area contributed by atoms with E-state index in [2.05, 4.69) is 21.0 Å². The first kappa shape index (κ1) is 24.7. The maximum atomic E-state index is 12.9. The number of sulfonamides is 1. The van der Waals surface area contributed by atoms with Gasteiger partial charge in [0.05, 0.1) is 25.2 Å². The van der Waals surface area contributed by atoms with Crippen molar-refractivity contribution >= 4 is 21.6 Å². The van der Waals surface area contributed by atoms with Crippen LogP contribution in [0.25, 0.3) is 0 Å². The third-order valence-corrected chi connectivity index (χ3v) is 7.18. The van der Waals surface area contributed by atoms with Gasteiger partial charge in [0.1, 0.15) is 5.75 Å². The van der Waals surface area contributed by atoms with E-state index in [0.29, 0.717) is 18.0 Å². The number of morpholine rings is 1. The van der Waals surface area contributed by atoms with Gasteiger partial charge in [-0.1, -0.05) is 30.3 Å². The monoisotopic (exact) mass is 495 g/mol. The molecule has 9 heteroatoms. The molecule has 0 saturated carbocycles. The number of amides is 1. The molecular weight excluding hydrogens is 466 g/mol. The minimum Gasteiger partial charge on any atom is -0.497 e. The maximum absolute atomic E-state index is 12.9. The highest BCUT2D eigenvalue weighted by molar-refractivity contribution is 7.92. The molecule has 35 heavy (non-hydrogen) atoms. The predicted octanol–water partition coefficient (Wildman–Crippen LogP) is 3.26. The Morgan fingerprint density at radius 2 is 1.69 bits per heavy atom. The Morgan fingerprint density at radius 3 is 2.40 bits per heavy atom. The van der Waals surface area contributed by atoms with E-state index in [9.17, 15) is 13.2 Å². The summed E-state index contributed by atoms with van der Waals surface area (Å²) in [6, 6.07) is 20.5. The van der Waals surface area contributed by atoms with Crippen molar-refractivity contribution in [2.75, 3.05) is 38.1 Å². The van der Waals surface area contributed by atoms with E-state index >= 15 is 0 Å². The van der Waals surface area contributed by atoms with Crippen LogP contribution in [0.5, 0.6) is 5.75 Å². The van der Waals surface area contributed by atoms with E-state index in [1.54, 1.807) is 43.5 Å². The number of nitrogens with one attached hydrogen (secondary N) is 2. The number of rotatable bonds is 9. The zero-order chi connectivity index (χ0) is 24.7. The first-order valence-electron chi connectivity index (χ1n) is 11.4. The minimum absolute atomic E-state index is 0.00804. The predicted molar refractivity (Wildman–Crippen MR) is 134 cm³/mol. The summed E-state index contributed by atoms with van der Waals surface area (Å²) in [4.78, 5) is 15.2. The van der Waals surface area contributed by atoms with E-state index in [1.807, 2.05) is 18.2 Å². The van der Waals surface area contributed by atoms with Crippen molar-refractivity contribution in [2.45, 2.75) is 18.0 Å². The SMILES string of the molecule is COc1ccc(NS(=O)(=O)c2cccc(C(=O)NCc3ccccc3CN3CCOCC3)c2)cc1. The van der Waals surface area contributed by atoms with Gasteiger partial charge in [0, 0.05) is 37.4 Å². The topological polar surface area (TPSA) is 97.0 Å². The molecule has 1 heterocycles. The summed E-state index contributed by atoms with van der Waals surface area (Å²) in [7, 11) is -2.33. The van der Waals surface area contributed by atoms with Crippen LogP contribution < -0.4 is 14.8 Å². The lowest BCUT2D eigenvalue weighted by atomic mass is 10.1. The molecule has 1 aliphatic rings. The third-order valence-electron chi connectivity index (χ3n) is 5.80. The normalized spacial score (nSPS) is 14.3. The second-order valence-corrected chi connectivity index (χ2v) is 9.88. The number of nitrogens with zero attached hydrogens (tertiary/aromatic N) is 1. The summed E-state index contributed by atoms with van der Waals surface area (Å²) in [6.07, 6.45) is 0. The van der Waals surface area contributed by atoms with Gasteiger partial charge in [-0.15, -0.1) is 0 Å². The summed E-state index contributed by atoms with van der Waals surface area (Å²) in [5, 5.41) is 2.92. The molecule has 3 aromatic carbocycles. The Kier molecular flexibility index (Phi) is 8.02. The van der Waals surface area contributed by atoms with Crippen LogP contribution in [-0.2, 0) is 27.8 Å². The Bertz CT molecular complexity index is 1260. The van der Waals surface area contributed by atoms with Crippen molar-refractivity contribution in [1.29, 1.82) is 0 Å². The molecule has 0 atom stereocenters. The number of hydrogen-bond donors (Lipinski definition) is 2. The van der Waals surface area contributed by atoms with Crippen LogP contribution >= 0.6 is 0 Å². The van der Waals surface area contributed by atoms with Gasteiger partial charge in [0.2, 0.25) is 0 Å². The van der Waals surface area contributed by atoms with Crippen molar-refractivity contribution in [3.63, 3.8) is 0 Å². The Labute approximate surface area is 205 Å². The Balaban J connectivity index is 1.42. The first-order chi connectivity index (χ1) is 16.9. The largest absolute Gasteiger partial charge is 0.497 e. The standard InChI is InChI=1S/C26H29N3O5S/c1-33-24-11-9-23(10-12-24)28-35(31,32)25-8-4-7-20(17-25)26(30)27-18-21-5-2-3-6-22(21)19-29-13-15-34-16-14-29/h2-12,17,28H,13-16,18-19H2,1H3,(H,27,30). The van der Waals surface area contributed by atoms with Crippen LogP contribution in [0, 0.1) is 0 Å². The Morgan fingerprint density at radius 1 is 0.971 bits per heavy atom. The zero-order valence-corrected chi connectivity index (χ0v) is 20.4. The first-order valence-corrected chi connectivity index (χ1v) is 12.8. The third kappa shape index (κ3) is 6.60. The molecule has 0 aliphatic carbocycles. The fourth-order valence-electron chi connectivity index (χ4n) is 3.84. The van der Waals surface area contributed by atoms with Gasteiger partial charge in [-0.2, -0.15) is 0 Å². The van der Waals surface area contributed by atoms with Crippen molar-refractivity contribution in [3.05, 3.63) is 89.5 Å². The second-order valence-electron chi connectivity index (χ2n) is 8.20. The average molecular weight is 496 g/mol. The molecule has 0 bridgehead atoms. The van der Waals surface area contributed by atoms with Crippen LogP contribution in [0.3, 0.4) is 0 Å². The van der Waals surface area contributed by atoms with E-state index < -0.39 is 10.0 Å². The van der Waals surface area contributed by atoms with Crippen LogP contribution in [0.1, 0.15) is 21.5 Å². The van der Waals surface area contributed by atoms with E-state index in [-0.39, 0.29) is 16.4 Å². The van der Waals surface area contributed by atoms with Crippen molar-refractivity contribution in [2.24, 2.45) is 0 Å². The molecule has 8 nitrogen and oxygen atoms in total. The van der Waals surface area contributed by atoms with Crippen LogP contribution in [-0.4, -0.2) is 52.6 Å². The summed E-state index contributed by atoms with van der Waals surface area (Å²) < 4.78 is 38.8. The molecule has 0 spiro atoms. The summed E-state index contributed by atoms with van der Waals surface area (Å²) >= 11 is 0. The average Bonchev–Trinajstić information content (AvgIpc) is 2.89. The number of hydrogen-bond acceptors (Lipinski definition) is 6. The zero-order valence-electron chi connectivity index (χ0n) is 19.6. The van der Waals surface area contributed by atoms with Crippen molar-refractivity contribution in [3.8, 4) is 5.75 Å². The Hall–Kier alpha value is -3.40. The number of carbonyl (C=O) groups is 1.